The van der Waals surface area contributed by atoms with Crippen molar-refractivity contribution in [2.45, 2.75) is 53.9 Å². The maximum absolute atomic E-state index is 8.00. The highest BCUT2D eigenvalue weighted by Crippen LogP contribution is 2.24. The number of carbonyl (C=O) groups is 1. The first-order valence-corrected chi connectivity index (χ1v) is 11.3. The van der Waals surface area contributed by atoms with E-state index in [4.69, 9.17) is 14.3 Å². The minimum atomic E-state index is 0.291. The molecule has 3 nitrogen and oxygen atoms in total. The molecule has 0 aromatic heterocycles. The van der Waals surface area contributed by atoms with Crippen molar-refractivity contribution in [2.24, 2.45) is 11.8 Å². The maximum Gasteiger partial charge on any atom is 0.114 e. The molecule has 0 aromatic carbocycles. The zero-order valence-corrected chi connectivity index (χ0v) is 22.3. The quantitative estimate of drug-likeness (QED) is 0.114. The van der Waals surface area contributed by atoms with Gasteiger partial charge in [-0.25, -0.2) is 0 Å². The topological polar surface area (TPSA) is 35.5 Å². The molecule has 0 aliphatic carbocycles. The summed E-state index contributed by atoms with van der Waals surface area (Å²) >= 11 is 0. The lowest BCUT2D eigenvalue weighted by Gasteiger charge is -2.14. The van der Waals surface area contributed by atoms with Gasteiger partial charge in [-0.3, -0.25) is 0 Å². The molecule has 0 bridgehead atoms. The molecule has 0 spiro atoms. The van der Waals surface area contributed by atoms with Crippen molar-refractivity contribution < 1.29 is 14.3 Å². The SMILES string of the molecule is C=C(/C=C(/C)C(=C)C(C)/C=C\C(C)CC)C(=C)/C=C(/CCCOC)C(=C)OC.C=CC.C=O. The standard InChI is InChI=1S/C26H40O2.C3H6.CH2O/c1-11-19(2)14-15-20(3)24(7)23(6)17-21(4)22(5)18-26(25(8)28-10)13-12-16-27-9;1-3-2;1-2/h14-15,17-20H,4-5,7-8,11-13,16H2,1-3,6,9-10H3;3H,1H2,2H3;1H2/b15-14-,23-17-,26-18-;;. The summed E-state index contributed by atoms with van der Waals surface area (Å²) in [5.74, 6) is 1.53. The molecule has 33 heavy (non-hydrogen) atoms. The van der Waals surface area contributed by atoms with Crippen molar-refractivity contribution in [1.82, 2.24) is 0 Å². The van der Waals surface area contributed by atoms with Gasteiger partial charge in [0.25, 0.3) is 0 Å². The second kappa shape index (κ2) is 22.5. The molecule has 0 amide bonds. The Morgan fingerprint density at radius 2 is 1.48 bits per heavy atom. The fourth-order valence-electron chi connectivity index (χ4n) is 2.55. The second-order valence-electron chi connectivity index (χ2n) is 7.76. The van der Waals surface area contributed by atoms with E-state index in [-0.39, 0.29) is 0 Å². The Labute approximate surface area is 204 Å². The van der Waals surface area contributed by atoms with E-state index in [2.05, 4.69) is 78.8 Å². The monoisotopic (exact) mass is 456 g/mol. The van der Waals surface area contributed by atoms with Crippen LogP contribution in [-0.4, -0.2) is 27.6 Å². The summed E-state index contributed by atoms with van der Waals surface area (Å²) < 4.78 is 10.5. The van der Waals surface area contributed by atoms with Crippen molar-refractivity contribution in [3.8, 4) is 0 Å². The molecule has 0 aliphatic rings. The highest BCUT2D eigenvalue weighted by molar-refractivity contribution is 5.49. The highest BCUT2D eigenvalue weighted by atomic mass is 16.5. The van der Waals surface area contributed by atoms with Gasteiger partial charge in [0, 0.05) is 13.7 Å². The van der Waals surface area contributed by atoms with Gasteiger partial charge in [-0.15, -0.1) is 6.58 Å². The van der Waals surface area contributed by atoms with E-state index in [0.29, 0.717) is 24.2 Å². The molecule has 0 radical (unpaired) electrons. The van der Waals surface area contributed by atoms with Crippen molar-refractivity contribution >= 4 is 6.79 Å². The normalized spacial score (nSPS) is 12.9. The Morgan fingerprint density at radius 1 is 0.970 bits per heavy atom. The van der Waals surface area contributed by atoms with Crippen LogP contribution in [0.3, 0.4) is 0 Å². The van der Waals surface area contributed by atoms with Crippen molar-refractivity contribution in [1.29, 1.82) is 0 Å². The van der Waals surface area contributed by atoms with Gasteiger partial charge < -0.3 is 14.3 Å². The minimum absolute atomic E-state index is 0.291. The van der Waals surface area contributed by atoms with Crippen LogP contribution in [0.1, 0.15) is 53.9 Å². The zero-order valence-electron chi connectivity index (χ0n) is 22.3. The summed E-state index contributed by atoms with van der Waals surface area (Å²) in [4.78, 5) is 8.00. The van der Waals surface area contributed by atoms with Crippen LogP contribution in [0.25, 0.3) is 0 Å². The summed E-state index contributed by atoms with van der Waals surface area (Å²) in [6, 6.07) is 0. The van der Waals surface area contributed by atoms with Gasteiger partial charge in [-0.2, -0.15) is 0 Å². The van der Waals surface area contributed by atoms with Crippen LogP contribution in [0.15, 0.2) is 96.9 Å². The Morgan fingerprint density at radius 3 is 1.94 bits per heavy atom. The number of rotatable bonds is 14. The van der Waals surface area contributed by atoms with Crippen LogP contribution < -0.4 is 0 Å². The number of carbonyl (C=O) groups excluding carboxylic acids is 1. The first kappa shape index (κ1) is 35.0. The molecule has 2 atom stereocenters. The molecule has 0 rings (SSSR count). The average Bonchev–Trinajstić information content (AvgIpc) is 2.82. The molecule has 0 saturated heterocycles. The van der Waals surface area contributed by atoms with E-state index in [9.17, 15) is 0 Å². The summed E-state index contributed by atoms with van der Waals surface area (Å²) in [5, 5.41) is 0. The third-order valence-electron chi connectivity index (χ3n) is 4.98. The van der Waals surface area contributed by atoms with E-state index in [1.807, 2.05) is 19.8 Å². The van der Waals surface area contributed by atoms with Crippen LogP contribution >= 0.6 is 0 Å². The van der Waals surface area contributed by atoms with Gasteiger partial charge >= 0.3 is 0 Å². The van der Waals surface area contributed by atoms with E-state index in [1.54, 1.807) is 20.3 Å². The lowest BCUT2D eigenvalue weighted by Crippen LogP contribution is -1.99. The summed E-state index contributed by atoms with van der Waals surface area (Å²) in [7, 11) is 3.33. The Hall–Kier alpha value is -2.65. The van der Waals surface area contributed by atoms with Gasteiger partial charge in [0.05, 0.1) is 7.11 Å². The predicted octanol–water partition coefficient (Wildman–Crippen LogP) is 8.36. The molecule has 0 aliphatic heterocycles. The first-order chi connectivity index (χ1) is 15.6. The Kier molecular flexibility index (Phi) is 23.9. The number of methoxy groups -OCH3 is 2. The molecule has 3 heteroatoms. The van der Waals surface area contributed by atoms with Crippen molar-refractivity contribution in [3.63, 3.8) is 0 Å². The lowest BCUT2D eigenvalue weighted by molar-refractivity contribution is -0.0979. The molecule has 0 N–H and O–H groups in total. The fraction of sp³-hybridized carbons (Fsp3) is 0.433. The molecule has 0 aromatic rings. The molecular formula is C30H48O3. The van der Waals surface area contributed by atoms with Gasteiger partial charge in [-0.05, 0) is 72.5 Å². The van der Waals surface area contributed by atoms with Crippen LogP contribution in [0, 0.1) is 11.8 Å². The van der Waals surface area contributed by atoms with E-state index in [1.165, 1.54) is 0 Å². The van der Waals surface area contributed by atoms with Gasteiger partial charge in [-0.1, -0.05) is 77.8 Å². The van der Waals surface area contributed by atoms with E-state index in [0.717, 1.165) is 47.1 Å². The number of allylic oxidation sites excluding steroid dienone is 10. The summed E-state index contributed by atoms with van der Waals surface area (Å²) in [6.07, 6.45) is 13.2. The summed E-state index contributed by atoms with van der Waals surface area (Å²) in [6.45, 7) is 33.2. The van der Waals surface area contributed by atoms with Crippen molar-refractivity contribution in [2.75, 3.05) is 20.8 Å². The third kappa shape index (κ3) is 17.6. The average molecular weight is 457 g/mol. The molecule has 2 unspecified atom stereocenters. The van der Waals surface area contributed by atoms with Crippen LogP contribution in [-0.2, 0) is 14.3 Å². The number of hydrogen-bond donors (Lipinski definition) is 0. The van der Waals surface area contributed by atoms with E-state index >= 15 is 0 Å². The number of ether oxygens (including phenoxy) is 2. The minimum Gasteiger partial charge on any atom is -0.497 e. The van der Waals surface area contributed by atoms with E-state index < -0.39 is 0 Å². The Bertz CT molecular complexity index is 704. The lowest BCUT2D eigenvalue weighted by atomic mass is 9.92. The van der Waals surface area contributed by atoms with Crippen LogP contribution in [0.4, 0.5) is 0 Å². The smallest absolute Gasteiger partial charge is 0.114 e. The van der Waals surface area contributed by atoms with Gasteiger partial charge in [0.1, 0.15) is 12.5 Å². The van der Waals surface area contributed by atoms with Crippen molar-refractivity contribution in [3.05, 3.63) is 96.9 Å². The predicted molar refractivity (Wildman–Crippen MR) is 147 cm³/mol. The maximum atomic E-state index is 8.00. The molecule has 0 heterocycles. The second-order valence-corrected chi connectivity index (χ2v) is 7.76. The van der Waals surface area contributed by atoms with Crippen LogP contribution in [0.5, 0.6) is 0 Å². The van der Waals surface area contributed by atoms with Gasteiger partial charge in [0.2, 0.25) is 0 Å². The highest BCUT2D eigenvalue weighted by Gasteiger charge is 2.08. The largest absolute Gasteiger partial charge is 0.497 e. The molecular weight excluding hydrogens is 408 g/mol. The van der Waals surface area contributed by atoms with Crippen LogP contribution in [0.2, 0.25) is 0 Å². The Balaban J connectivity index is -0.00000165. The van der Waals surface area contributed by atoms with Gasteiger partial charge in [0.15, 0.2) is 0 Å². The first-order valence-electron chi connectivity index (χ1n) is 11.3. The number of hydrogen-bond acceptors (Lipinski definition) is 3. The zero-order chi connectivity index (χ0) is 26.4. The fourth-order valence-corrected chi connectivity index (χ4v) is 2.55. The molecule has 186 valence electrons. The third-order valence-corrected chi connectivity index (χ3v) is 4.98. The molecule has 0 saturated carbocycles. The summed E-state index contributed by atoms with van der Waals surface area (Å²) in [5.41, 5.74) is 4.94. The molecule has 0 fully saturated rings.